The molecule has 1 N–H and O–H groups in total. The Kier molecular flexibility index (Phi) is 6.85. The van der Waals surface area contributed by atoms with Crippen LogP contribution in [0.4, 0.5) is 0 Å². The molecule has 134 valence electrons. The van der Waals surface area contributed by atoms with Crippen molar-refractivity contribution in [2.45, 2.75) is 25.5 Å². The van der Waals surface area contributed by atoms with Crippen molar-refractivity contribution < 1.29 is 9.53 Å². The molecule has 1 saturated heterocycles. The quantitative estimate of drug-likeness (QED) is 0.888. The van der Waals surface area contributed by atoms with Crippen molar-refractivity contribution in [3.63, 3.8) is 0 Å². The number of carbonyl (C=O) groups excluding carboxylic acids is 1. The van der Waals surface area contributed by atoms with Gasteiger partial charge >= 0.3 is 0 Å². The average molecular weight is 361 g/mol. The van der Waals surface area contributed by atoms with Crippen molar-refractivity contribution in [2.75, 3.05) is 20.1 Å². The summed E-state index contributed by atoms with van der Waals surface area (Å²) in [7, 11) is 1.86. The van der Waals surface area contributed by atoms with Crippen LogP contribution in [0, 0.1) is 0 Å². The molecule has 1 amide bonds. The van der Waals surface area contributed by atoms with Crippen LogP contribution in [0.2, 0.25) is 0 Å². The standard InChI is InChI=1S/C20H24N2O2.ClH/c1-15(20(23)22(2)18-12-13-21-14-18)24-19-10-8-17(9-11-19)16-6-4-3-5-7-16;/h3-11,15,18,21H,12-14H2,1-2H3;1H. The lowest BCUT2D eigenvalue weighted by molar-refractivity contribution is -0.138. The maximum absolute atomic E-state index is 12.5. The molecule has 25 heavy (non-hydrogen) atoms. The first-order valence-corrected chi connectivity index (χ1v) is 8.44. The van der Waals surface area contributed by atoms with Gasteiger partial charge in [0.2, 0.25) is 0 Å². The number of nitrogens with one attached hydrogen (secondary N) is 1. The van der Waals surface area contributed by atoms with E-state index in [9.17, 15) is 4.79 Å². The van der Waals surface area contributed by atoms with Gasteiger partial charge < -0.3 is 15.0 Å². The van der Waals surface area contributed by atoms with Crippen LogP contribution in [0.15, 0.2) is 54.6 Å². The SMILES string of the molecule is CC(Oc1ccc(-c2ccccc2)cc1)C(=O)N(C)C1CCNC1.Cl. The third-order valence-electron chi connectivity index (χ3n) is 4.55. The van der Waals surface area contributed by atoms with Crippen LogP contribution in [0.1, 0.15) is 13.3 Å². The molecular weight excluding hydrogens is 336 g/mol. The van der Waals surface area contributed by atoms with Gasteiger partial charge in [0.15, 0.2) is 6.10 Å². The highest BCUT2D eigenvalue weighted by molar-refractivity contribution is 5.85. The maximum atomic E-state index is 12.5. The molecule has 2 unspecified atom stereocenters. The highest BCUT2D eigenvalue weighted by Crippen LogP contribution is 2.23. The maximum Gasteiger partial charge on any atom is 0.263 e. The van der Waals surface area contributed by atoms with Gasteiger partial charge in [0.25, 0.3) is 5.91 Å². The number of benzene rings is 2. The molecule has 1 heterocycles. The van der Waals surface area contributed by atoms with Crippen LogP contribution in [0.25, 0.3) is 11.1 Å². The van der Waals surface area contributed by atoms with E-state index in [4.69, 9.17) is 4.74 Å². The summed E-state index contributed by atoms with van der Waals surface area (Å²) >= 11 is 0. The largest absolute Gasteiger partial charge is 0.481 e. The number of ether oxygens (including phenoxy) is 1. The minimum Gasteiger partial charge on any atom is -0.481 e. The van der Waals surface area contributed by atoms with Gasteiger partial charge in [-0.1, -0.05) is 42.5 Å². The second-order valence-corrected chi connectivity index (χ2v) is 6.25. The molecule has 0 bridgehead atoms. The Bertz CT molecular complexity index is 670. The van der Waals surface area contributed by atoms with E-state index in [1.165, 1.54) is 5.56 Å². The van der Waals surface area contributed by atoms with Crippen LogP contribution in [0.3, 0.4) is 0 Å². The second kappa shape index (κ2) is 8.88. The molecule has 0 radical (unpaired) electrons. The lowest BCUT2D eigenvalue weighted by atomic mass is 10.1. The first-order chi connectivity index (χ1) is 11.6. The smallest absolute Gasteiger partial charge is 0.263 e. The van der Waals surface area contributed by atoms with Gasteiger partial charge in [0.1, 0.15) is 5.75 Å². The predicted octanol–water partition coefficient (Wildman–Crippen LogP) is 3.36. The second-order valence-electron chi connectivity index (χ2n) is 6.25. The van der Waals surface area contributed by atoms with Gasteiger partial charge in [0, 0.05) is 19.6 Å². The van der Waals surface area contributed by atoms with E-state index >= 15 is 0 Å². The molecule has 3 rings (SSSR count). The van der Waals surface area contributed by atoms with E-state index in [0.29, 0.717) is 5.75 Å². The summed E-state index contributed by atoms with van der Waals surface area (Å²) in [6, 6.07) is 18.3. The molecule has 2 aromatic carbocycles. The minimum atomic E-state index is -0.488. The van der Waals surface area contributed by atoms with Crippen LogP contribution in [-0.2, 0) is 4.79 Å². The molecule has 2 atom stereocenters. The van der Waals surface area contributed by atoms with Gasteiger partial charge in [-0.05, 0) is 43.1 Å². The zero-order valence-electron chi connectivity index (χ0n) is 14.6. The third kappa shape index (κ3) is 4.74. The number of rotatable bonds is 5. The van der Waals surface area contributed by atoms with E-state index < -0.39 is 6.10 Å². The summed E-state index contributed by atoms with van der Waals surface area (Å²) in [6.45, 7) is 3.64. The lowest BCUT2D eigenvalue weighted by Gasteiger charge is -2.27. The summed E-state index contributed by atoms with van der Waals surface area (Å²) in [6.07, 6.45) is 0.513. The van der Waals surface area contributed by atoms with Gasteiger partial charge in [-0.2, -0.15) is 0 Å². The number of carbonyl (C=O) groups is 1. The van der Waals surface area contributed by atoms with E-state index in [2.05, 4.69) is 17.4 Å². The monoisotopic (exact) mass is 360 g/mol. The molecule has 4 nitrogen and oxygen atoms in total. The van der Waals surface area contributed by atoms with E-state index in [1.807, 2.05) is 61.3 Å². The van der Waals surface area contributed by atoms with Gasteiger partial charge in [0.05, 0.1) is 0 Å². The molecule has 1 fully saturated rings. The molecule has 0 aromatic heterocycles. The third-order valence-corrected chi connectivity index (χ3v) is 4.55. The number of hydrogen-bond donors (Lipinski definition) is 1. The van der Waals surface area contributed by atoms with E-state index in [1.54, 1.807) is 0 Å². The Morgan fingerprint density at radius 2 is 1.76 bits per heavy atom. The fraction of sp³-hybridized carbons (Fsp3) is 0.350. The van der Waals surface area contributed by atoms with Crippen molar-refractivity contribution in [1.82, 2.24) is 10.2 Å². The van der Waals surface area contributed by atoms with E-state index in [0.717, 1.165) is 25.1 Å². The fourth-order valence-corrected chi connectivity index (χ4v) is 3.05. The summed E-state index contributed by atoms with van der Waals surface area (Å²) in [4.78, 5) is 14.3. The highest BCUT2D eigenvalue weighted by Gasteiger charge is 2.27. The first kappa shape index (κ1) is 19.3. The Labute approximate surface area is 155 Å². The molecule has 5 heteroatoms. The molecule has 0 saturated carbocycles. The van der Waals surface area contributed by atoms with Crippen molar-refractivity contribution in [2.24, 2.45) is 0 Å². The fourth-order valence-electron chi connectivity index (χ4n) is 3.05. The Balaban J connectivity index is 0.00000225. The van der Waals surface area contributed by atoms with Crippen LogP contribution in [0.5, 0.6) is 5.75 Å². The number of nitrogens with zero attached hydrogens (tertiary/aromatic N) is 1. The van der Waals surface area contributed by atoms with Gasteiger partial charge in [-0.25, -0.2) is 0 Å². The molecule has 0 aliphatic carbocycles. The Hall–Kier alpha value is -2.04. The molecule has 1 aliphatic rings. The van der Waals surface area contributed by atoms with Gasteiger partial charge in [-0.3, -0.25) is 4.79 Å². The van der Waals surface area contributed by atoms with Gasteiger partial charge in [-0.15, -0.1) is 12.4 Å². The van der Waals surface area contributed by atoms with Crippen molar-refractivity contribution >= 4 is 18.3 Å². The average Bonchev–Trinajstić information content (AvgIpc) is 3.16. The molecular formula is C20H25ClN2O2. The lowest BCUT2D eigenvalue weighted by Crippen LogP contribution is -2.44. The summed E-state index contributed by atoms with van der Waals surface area (Å²) in [5.74, 6) is 0.740. The summed E-state index contributed by atoms with van der Waals surface area (Å²) in [5.41, 5.74) is 2.30. The predicted molar refractivity (Wildman–Crippen MR) is 103 cm³/mol. The number of amides is 1. The number of likely N-dealkylation sites (N-methyl/N-ethyl adjacent to an activating group) is 1. The van der Waals surface area contributed by atoms with Crippen molar-refractivity contribution in [1.29, 1.82) is 0 Å². The Morgan fingerprint density at radius 3 is 2.36 bits per heavy atom. The normalized spacial score (nSPS) is 17.4. The zero-order chi connectivity index (χ0) is 16.9. The van der Waals surface area contributed by atoms with Crippen molar-refractivity contribution in [3.8, 4) is 16.9 Å². The molecule has 2 aromatic rings. The van der Waals surface area contributed by atoms with Crippen molar-refractivity contribution in [3.05, 3.63) is 54.6 Å². The summed E-state index contributed by atoms with van der Waals surface area (Å²) in [5, 5.41) is 3.28. The molecule has 1 aliphatic heterocycles. The van der Waals surface area contributed by atoms with Crippen LogP contribution < -0.4 is 10.1 Å². The van der Waals surface area contributed by atoms with Crippen LogP contribution in [-0.4, -0.2) is 43.1 Å². The zero-order valence-corrected chi connectivity index (χ0v) is 15.5. The highest BCUT2D eigenvalue weighted by atomic mass is 35.5. The van der Waals surface area contributed by atoms with Crippen LogP contribution >= 0.6 is 12.4 Å². The Morgan fingerprint density at radius 1 is 1.12 bits per heavy atom. The topological polar surface area (TPSA) is 41.6 Å². The molecule has 0 spiro atoms. The first-order valence-electron chi connectivity index (χ1n) is 8.44. The summed E-state index contributed by atoms with van der Waals surface area (Å²) < 4.78 is 5.84. The number of hydrogen-bond acceptors (Lipinski definition) is 3. The van der Waals surface area contributed by atoms with E-state index in [-0.39, 0.29) is 24.4 Å². The minimum absolute atomic E-state index is 0. The number of halogens is 1.